The number of carbonyl (C=O) groups excluding carboxylic acids is 1. The number of halogens is 1. The number of hydrogen-bond acceptors (Lipinski definition) is 4. The second-order valence-electron chi connectivity index (χ2n) is 4.26. The molecule has 2 N–H and O–H groups in total. The number of phenols is 1. The van der Waals surface area contributed by atoms with Gasteiger partial charge in [-0.15, -0.1) is 0 Å². The Morgan fingerprint density at radius 2 is 1.81 bits per heavy atom. The summed E-state index contributed by atoms with van der Waals surface area (Å²) in [6, 6.07) is 7.39. The summed E-state index contributed by atoms with van der Waals surface area (Å²) >= 11 is 0. The van der Waals surface area contributed by atoms with Gasteiger partial charge >= 0.3 is 11.9 Å². The van der Waals surface area contributed by atoms with Crippen molar-refractivity contribution in [2.75, 3.05) is 7.11 Å². The van der Waals surface area contributed by atoms with Crippen LogP contribution in [-0.4, -0.2) is 29.3 Å². The fraction of sp³-hybridized carbons (Fsp3) is 0.0667. The normalized spacial score (nSPS) is 10.2. The van der Waals surface area contributed by atoms with Crippen LogP contribution in [0.25, 0.3) is 11.1 Å². The lowest BCUT2D eigenvalue weighted by atomic mass is 10.00. The maximum atomic E-state index is 13.6. The summed E-state index contributed by atoms with van der Waals surface area (Å²) in [7, 11) is 1.18. The number of carboxylic acids is 1. The van der Waals surface area contributed by atoms with E-state index in [0.29, 0.717) is 11.1 Å². The van der Waals surface area contributed by atoms with Gasteiger partial charge in [-0.1, -0.05) is 6.07 Å². The Kier molecular flexibility index (Phi) is 3.89. The minimum Gasteiger partial charge on any atom is -0.507 e. The Balaban J connectivity index is 2.56. The van der Waals surface area contributed by atoms with E-state index in [4.69, 9.17) is 5.11 Å². The van der Waals surface area contributed by atoms with Gasteiger partial charge in [0.2, 0.25) is 0 Å². The molecule has 0 saturated carbocycles. The smallest absolute Gasteiger partial charge is 0.339 e. The summed E-state index contributed by atoms with van der Waals surface area (Å²) in [6.07, 6.45) is 0. The molecular weight excluding hydrogens is 279 g/mol. The van der Waals surface area contributed by atoms with Gasteiger partial charge in [0.05, 0.1) is 12.7 Å². The highest BCUT2D eigenvalue weighted by Gasteiger charge is 2.14. The lowest BCUT2D eigenvalue weighted by Gasteiger charge is -2.07. The van der Waals surface area contributed by atoms with E-state index in [9.17, 15) is 19.1 Å². The molecule has 21 heavy (non-hydrogen) atoms. The van der Waals surface area contributed by atoms with Gasteiger partial charge in [-0.05, 0) is 41.5 Å². The van der Waals surface area contributed by atoms with Crippen LogP contribution < -0.4 is 0 Å². The third-order valence-corrected chi connectivity index (χ3v) is 2.88. The molecule has 2 aromatic rings. The molecule has 0 aliphatic carbocycles. The first-order chi connectivity index (χ1) is 9.92. The third-order valence-electron chi connectivity index (χ3n) is 2.88. The Morgan fingerprint density at radius 3 is 2.43 bits per heavy atom. The zero-order valence-corrected chi connectivity index (χ0v) is 11.0. The van der Waals surface area contributed by atoms with Crippen LogP contribution in [0.2, 0.25) is 0 Å². The predicted molar refractivity (Wildman–Crippen MR) is 71.8 cm³/mol. The molecule has 108 valence electrons. The van der Waals surface area contributed by atoms with Gasteiger partial charge in [-0.3, -0.25) is 0 Å². The average molecular weight is 290 g/mol. The number of ether oxygens (including phenoxy) is 1. The van der Waals surface area contributed by atoms with Crippen LogP contribution in [0.15, 0.2) is 36.4 Å². The van der Waals surface area contributed by atoms with Crippen LogP contribution in [-0.2, 0) is 4.74 Å². The highest BCUT2D eigenvalue weighted by molar-refractivity contribution is 5.94. The standard InChI is InChI=1S/C15H11FO5/c1-21-15(20)10-4-9(5-11(16)6-10)8-2-3-13(17)12(7-8)14(18)19/h2-7,17H,1H3,(H,18,19). The molecule has 0 saturated heterocycles. The maximum absolute atomic E-state index is 13.6. The maximum Gasteiger partial charge on any atom is 0.339 e. The molecule has 0 aromatic heterocycles. The van der Waals surface area contributed by atoms with E-state index < -0.39 is 23.5 Å². The van der Waals surface area contributed by atoms with Crippen molar-refractivity contribution in [3.8, 4) is 16.9 Å². The summed E-state index contributed by atoms with van der Waals surface area (Å²) in [5, 5.41) is 18.4. The van der Waals surface area contributed by atoms with Crippen LogP contribution in [0, 0.1) is 5.82 Å². The molecule has 0 aliphatic rings. The summed E-state index contributed by atoms with van der Waals surface area (Å²) in [4.78, 5) is 22.4. The SMILES string of the molecule is COC(=O)c1cc(F)cc(-c2ccc(O)c(C(=O)O)c2)c1. The van der Waals surface area contributed by atoms with Crippen LogP contribution >= 0.6 is 0 Å². The van der Waals surface area contributed by atoms with Gasteiger partial charge < -0.3 is 14.9 Å². The van der Waals surface area contributed by atoms with Crippen molar-refractivity contribution in [3.63, 3.8) is 0 Å². The molecule has 2 rings (SSSR count). The van der Waals surface area contributed by atoms with Crippen LogP contribution in [0.3, 0.4) is 0 Å². The number of carbonyl (C=O) groups is 2. The number of methoxy groups -OCH3 is 1. The van der Waals surface area contributed by atoms with E-state index in [-0.39, 0.29) is 11.1 Å². The van der Waals surface area contributed by atoms with Gasteiger partial charge in [0, 0.05) is 0 Å². The molecule has 0 radical (unpaired) electrons. The fourth-order valence-corrected chi connectivity index (χ4v) is 1.88. The molecule has 0 unspecified atom stereocenters. The minimum atomic E-state index is -1.31. The zero-order chi connectivity index (χ0) is 15.6. The minimum absolute atomic E-state index is 0.0115. The molecule has 0 atom stereocenters. The van der Waals surface area contributed by atoms with Crippen molar-refractivity contribution in [1.29, 1.82) is 0 Å². The van der Waals surface area contributed by atoms with Crippen LogP contribution in [0.1, 0.15) is 20.7 Å². The van der Waals surface area contributed by atoms with E-state index >= 15 is 0 Å². The second-order valence-corrected chi connectivity index (χ2v) is 4.26. The van der Waals surface area contributed by atoms with Gasteiger partial charge in [0.15, 0.2) is 0 Å². The van der Waals surface area contributed by atoms with Crippen molar-refractivity contribution in [2.45, 2.75) is 0 Å². The van der Waals surface area contributed by atoms with Crippen LogP contribution in [0.5, 0.6) is 5.75 Å². The number of benzene rings is 2. The van der Waals surface area contributed by atoms with E-state index in [1.165, 1.54) is 31.4 Å². The molecule has 0 amide bonds. The van der Waals surface area contributed by atoms with E-state index in [0.717, 1.165) is 12.1 Å². The summed E-state index contributed by atoms with van der Waals surface area (Å²) < 4.78 is 18.1. The largest absolute Gasteiger partial charge is 0.507 e. The van der Waals surface area contributed by atoms with E-state index in [2.05, 4.69) is 4.74 Å². The first-order valence-electron chi connectivity index (χ1n) is 5.88. The first kappa shape index (κ1) is 14.5. The molecule has 0 fully saturated rings. The molecule has 0 heterocycles. The Labute approximate surface area is 119 Å². The quantitative estimate of drug-likeness (QED) is 0.849. The van der Waals surface area contributed by atoms with Crippen molar-refractivity contribution < 1.29 is 28.9 Å². The lowest BCUT2D eigenvalue weighted by Crippen LogP contribution is -2.02. The molecule has 5 nitrogen and oxygen atoms in total. The molecule has 2 aromatic carbocycles. The highest BCUT2D eigenvalue weighted by Crippen LogP contribution is 2.27. The predicted octanol–water partition coefficient (Wildman–Crippen LogP) is 2.68. The monoisotopic (exact) mass is 290 g/mol. The first-order valence-corrected chi connectivity index (χ1v) is 5.88. The van der Waals surface area contributed by atoms with Gasteiger partial charge in [0.1, 0.15) is 17.1 Å². The molecular formula is C15H11FO5. The van der Waals surface area contributed by atoms with Crippen molar-refractivity contribution in [2.24, 2.45) is 0 Å². The summed E-state index contributed by atoms with van der Waals surface area (Å²) in [5.41, 5.74) is 0.363. The van der Waals surface area contributed by atoms with Crippen molar-refractivity contribution in [1.82, 2.24) is 0 Å². The Bertz CT molecular complexity index is 724. The number of aromatic carboxylic acids is 1. The average Bonchev–Trinajstić information content (AvgIpc) is 2.45. The topological polar surface area (TPSA) is 83.8 Å². The third kappa shape index (κ3) is 3.00. The highest BCUT2D eigenvalue weighted by atomic mass is 19.1. The van der Waals surface area contributed by atoms with Gasteiger partial charge in [-0.2, -0.15) is 0 Å². The number of hydrogen-bond donors (Lipinski definition) is 2. The Hall–Kier alpha value is -2.89. The molecule has 0 spiro atoms. The van der Waals surface area contributed by atoms with Crippen molar-refractivity contribution in [3.05, 3.63) is 53.3 Å². The number of aromatic hydroxyl groups is 1. The number of esters is 1. The van der Waals surface area contributed by atoms with E-state index in [1.807, 2.05) is 0 Å². The molecule has 0 aliphatic heterocycles. The molecule has 6 heteroatoms. The summed E-state index contributed by atoms with van der Waals surface area (Å²) in [6.45, 7) is 0. The van der Waals surface area contributed by atoms with Gasteiger partial charge in [-0.25, -0.2) is 14.0 Å². The number of rotatable bonds is 3. The van der Waals surface area contributed by atoms with E-state index in [1.54, 1.807) is 0 Å². The lowest BCUT2D eigenvalue weighted by molar-refractivity contribution is 0.0599. The number of carboxylic acid groups (broad SMARTS) is 1. The fourth-order valence-electron chi connectivity index (χ4n) is 1.88. The molecule has 0 bridgehead atoms. The Morgan fingerprint density at radius 1 is 1.10 bits per heavy atom. The van der Waals surface area contributed by atoms with Crippen LogP contribution in [0.4, 0.5) is 4.39 Å². The second kappa shape index (κ2) is 5.62. The van der Waals surface area contributed by atoms with Crippen molar-refractivity contribution >= 4 is 11.9 Å². The zero-order valence-electron chi connectivity index (χ0n) is 11.0. The van der Waals surface area contributed by atoms with Gasteiger partial charge in [0.25, 0.3) is 0 Å². The summed E-state index contributed by atoms with van der Waals surface area (Å²) in [5.74, 6) is -3.05.